The molecular formula is C15H22N4. The molecule has 4 nitrogen and oxygen atoms in total. The van der Waals surface area contributed by atoms with Gasteiger partial charge in [0.2, 0.25) is 0 Å². The monoisotopic (exact) mass is 258 g/mol. The van der Waals surface area contributed by atoms with E-state index >= 15 is 0 Å². The Morgan fingerprint density at radius 2 is 1.84 bits per heavy atom. The number of nitrogens with one attached hydrogen (secondary N) is 1. The molecule has 0 saturated carbocycles. The van der Waals surface area contributed by atoms with E-state index in [1.54, 1.807) is 12.4 Å². The first-order chi connectivity index (χ1) is 9.20. The average Bonchev–Trinajstić information content (AvgIpc) is 2.43. The van der Waals surface area contributed by atoms with E-state index in [0.29, 0.717) is 0 Å². The number of fused-ring (bicyclic) bond motifs is 1. The van der Waals surface area contributed by atoms with Crippen molar-refractivity contribution in [2.24, 2.45) is 11.8 Å². The number of rotatable bonds is 6. The van der Waals surface area contributed by atoms with E-state index in [1.165, 1.54) is 18.4 Å². The lowest BCUT2D eigenvalue weighted by Gasteiger charge is -2.17. The summed E-state index contributed by atoms with van der Waals surface area (Å²) in [6, 6.07) is 6.34. The number of nitrogens with zero attached hydrogens (tertiary/aromatic N) is 2. The van der Waals surface area contributed by atoms with E-state index in [4.69, 9.17) is 5.84 Å². The number of aromatic nitrogens is 2. The molecule has 0 aliphatic heterocycles. The first-order valence-electron chi connectivity index (χ1n) is 6.87. The Balaban J connectivity index is 2.11. The van der Waals surface area contributed by atoms with Crippen LogP contribution in [0.15, 0.2) is 30.6 Å². The predicted molar refractivity (Wildman–Crippen MR) is 78.3 cm³/mol. The summed E-state index contributed by atoms with van der Waals surface area (Å²) >= 11 is 0. The van der Waals surface area contributed by atoms with Crippen molar-refractivity contribution in [3.63, 3.8) is 0 Å². The van der Waals surface area contributed by atoms with Crippen LogP contribution in [-0.4, -0.2) is 9.97 Å². The van der Waals surface area contributed by atoms with Crippen LogP contribution >= 0.6 is 0 Å². The number of nitrogens with two attached hydrogens (primary N) is 1. The highest BCUT2D eigenvalue weighted by Gasteiger charge is 2.10. The second kappa shape index (κ2) is 6.59. The Labute approximate surface area is 114 Å². The fraction of sp³-hybridized carbons (Fsp3) is 0.467. The number of hydrogen-bond donors (Lipinski definition) is 2. The molecule has 3 N–H and O–H groups in total. The van der Waals surface area contributed by atoms with Crippen molar-refractivity contribution in [1.29, 1.82) is 0 Å². The van der Waals surface area contributed by atoms with Gasteiger partial charge in [-0.2, -0.15) is 0 Å². The third-order valence-electron chi connectivity index (χ3n) is 3.37. The molecule has 4 heteroatoms. The van der Waals surface area contributed by atoms with Crippen LogP contribution in [0.5, 0.6) is 0 Å². The van der Waals surface area contributed by atoms with E-state index in [1.807, 2.05) is 6.07 Å². The van der Waals surface area contributed by atoms with Crippen molar-refractivity contribution in [2.45, 2.75) is 39.2 Å². The molecule has 0 amide bonds. The van der Waals surface area contributed by atoms with Crippen LogP contribution in [0.3, 0.4) is 0 Å². The molecule has 0 radical (unpaired) electrons. The van der Waals surface area contributed by atoms with Gasteiger partial charge in [-0.15, -0.1) is 0 Å². The third kappa shape index (κ3) is 3.72. The van der Waals surface area contributed by atoms with Crippen molar-refractivity contribution in [2.75, 3.05) is 0 Å². The van der Waals surface area contributed by atoms with Crippen LogP contribution in [0.4, 0.5) is 0 Å². The molecule has 1 atom stereocenters. The maximum Gasteiger partial charge on any atom is 0.0890 e. The lowest BCUT2D eigenvalue weighted by molar-refractivity contribution is 0.455. The third-order valence-corrected chi connectivity index (χ3v) is 3.37. The Kier molecular flexibility index (Phi) is 4.82. The second-order valence-electron chi connectivity index (χ2n) is 5.35. The number of hydrazine groups is 1. The summed E-state index contributed by atoms with van der Waals surface area (Å²) in [5.74, 6) is 6.42. The molecule has 102 valence electrons. The Morgan fingerprint density at radius 3 is 2.53 bits per heavy atom. The summed E-state index contributed by atoms with van der Waals surface area (Å²) in [6.45, 7) is 4.49. The Morgan fingerprint density at radius 1 is 1.11 bits per heavy atom. The van der Waals surface area contributed by atoms with Gasteiger partial charge < -0.3 is 0 Å². The summed E-state index contributed by atoms with van der Waals surface area (Å²) in [5.41, 5.74) is 5.93. The highest BCUT2D eigenvalue weighted by atomic mass is 15.2. The second-order valence-corrected chi connectivity index (χ2v) is 5.35. The molecule has 0 spiro atoms. The summed E-state index contributed by atoms with van der Waals surface area (Å²) < 4.78 is 0. The highest BCUT2D eigenvalue weighted by molar-refractivity contribution is 5.74. The van der Waals surface area contributed by atoms with Crippen LogP contribution in [0, 0.1) is 5.92 Å². The molecule has 0 aliphatic rings. The van der Waals surface area contributed by atoms with Gasteiger partial charge in [0.25, 0.3) is 0 Å². The van der Waals surface area contributed by atoms with Crippen LogP contribution in [-0.2, 0) is 0 Å². The predicted octanol–water partition coefficient (Wildman–Crippen LogP) is 2.96. The molecule has 1 heterocycles. The molecule has 0 aliphatic carbocycles. The molecule has 2 aromatic rings. The molecule has 2 rings (SSSR count). The minimum Gasteiger partial charge on any atom is -0.271 e. The zero-order chi connectivity index (χ0) is 13.7. The maximum atomic E-state index is 5.68. The van der Waals surface area contributed by atoms with E-state index in [2.05, 4.69) is 41.4 Å². The van der Waals surface area contributed by atoms with Crippen molar-refractivity contribution < 1.29 is 0 Å². The summed E-state index contributed by atoms with van der Waals surface area (Å²) in [7, 11) is 0. The molecule has 1 aromatic heterocycles. The van der Waals surface area contributed by atoms with Crippen molar-refractivity contribution >= 4 is 11.0 Å². The van der Waals surface area contributed by atoms with Gasteiger partial charge in [-0.05, 0) is 30.0 Å². The SMILES string of the molecule is CC(C)CCCC(NN)c1ccc2nccnc2c1. The van der Waals surface area contributed by atoms with Crippen LogP contribution in [0.1, 0.15) is 44.7 Å². The Bertz CT molecular complexity index is 524. The van der Waals surface area contributed by atoms with Gasteiger partial charge in [0, 0.05) is 18.4 Å². The fourth-order valence-corrected chi connectivity index (χ4v) is 2.27. The van der Waals surface area contributed by atoms with Gasteiger partial charge in [-0.3, -0.25) is 21.2 Å². The Hall–Kier alpha value is -1.52. The van der Waals surface area contributed by atoms with E-state index in [-0.39, 0.29) is 6.04 Å². The number of hydrogen-bond acceptors (Lipinski definition) is 4. The molecule has 0 fully saturated rings. The van der Waals surface area contributed by atoms with Crippen molar-refractivity contribution in [1.82, 2.24) is 15.4 Å². The normalized spacial score (nSPS) is 13.1. The van der Waals surface area contributed by atoms with Gasteiger partial charge in [0.05, 0.1) is 11.0 Å². The molecular weight excluding hydrogens is 236 g/mol. The summed E-state index contributed by atoms with van der Waals surface area (Å²) in [6.07, 6.45) is 6.87. The molecule has 0 bridgehead atoms. The molecule has 19 heavy (non-hydrogen) atoms. The topological polar surface area (TPSA) is 63.8 Å². The number of benzene rings is 1. The summed E-state index contributed by atoms with van der Waals surface area (Å²) in [5, 5.41) is 0. The first kappa shape index (κ1) is 13.9. The molecule has 1 unspecified atom stereocenters. The fourth-order valence-electron chi connectivity index (χ4n) is 2.27. The first-order valence-corrected chi connectivity index (χ1v) is 6.87. The smallest absolute Gasteiger partial charge is 0.0890 e. The molecule has 1 aromatic carbocycles. The van der Waals surface area contributed by atoms with Crippen molar-refractivity contribution in [3.8, 4) is 0 Å². The van der Waals surface area contributed by atoms with E-state index in [0.717, 1.165) is 23.4 Å². The maximum absolute atomic E-state index is 5.68. The standard InChI is InChI=1S/C15H22N4/c1-11(2)4-3-5-13(19-16)12-6-7-14-15(10-12)18-9-8-17-14/h6-11,13,19H,3-5,16H2,1-2H3. The zero-order valence-corrected chi connectivity index (χ0v) is 11.6. The lowest BCUT2D eigenvalue weighted by Crippen LogP contribution is -2.28. The molecule has 0 saturated heterocycles. The van der Waals surface area contributed by atoms with Crippen molar-refractivity contribution in [3.05, 3.63) is 36.2 Å². The minimum atomic E-state index is 0.185. The summed E-state index contributed by atoms with van der Waals surface area (Å²) in [4.78, 5) is 8.61. The zero-order valence-electron chi connectivity index (χ0n) is 11.6. The van der Waals surface area contributed by atoms with Gasteiger partial charge in [-0.25, -0.2) is 0 Å². The largest absolute Gasteiger partial charge is 0.271 e. The van der Waals surface area contributed by atoms with Gasteiger partial charge in [0.1, 0.15) is 0 Å². The van der Waals surface area contributed by atoms with Crippen LogP contribution in [0.2, 0.25) is 0 Å². The van der Waals surface area contributed by atoms with Crippen LogP contribution in [0.25, 0.3) is 11.0 Å². The van der Waals surface area contributed by atoms with Gasteiger partial charge >= 0.3 is 0 Å². The quantitative estimate of drug-likeness (QED) is 0.617. The van der Waals surface area contributed by atoms with E-state index < -0.39 is 0 Å². The van der Waals surface area contributed by atoms with Gasteiger partial charge in [0.15, 0.2) is 0 Å². The lowest BCUT2D eigenvalue weighted by atomic mass is 9.98. The van der Waals surface area contributed by atoms with E-state index in [9.17, 15) is 0 Å². The van der Waals surface area contributed by atoms with Gasteiger partial charge in [-0.1, -0.05) is 32.8 Å². The average molecular weight is 258 g/mol. The minimum absolute atomic E-state index is 0.185. The van der Waals surface area contributed by atoms with Crippen LogP contribution < -0.4 is 11.3 Å². The highest BCUT2D eigenvalue weighted by Crippen LogP contribution is 2.22.